The van der Waals surface area contributed by atoms with Gasteiger partial charge in [-0.05, 0) is 39.3 Å². The van der Waals surface area contributed by atoms with Gasteiger partial charge in [-0.25, -0.2) is 4.79 Å². The molecule has 1 aromatic heterocycles. The van der Waals surface area contributed by atoms with Crippen molar-refractivity contribution in [3.05, 3.63) is 21.9 Å². The van der Waals surface area contributed by atoms with Crippen molar-refractivity contribution in [2.75, 3.05) is 6.54 Å². The molecule has 0 fully saturated rings. The molecule has 0 unspecified atom stereocenters. The Balaban J connectivity index is 2.28. The Labute approximate surface area is 105 Å². The van der Waals surface area contributed by atoms with Gasteiger partial charge in [-0.1, -0.05) is 0 Å². The molecule has 94 valence electrons. The van der Waals surface area contributed by atoms with E-state index in [4.69, 9.17) is 4.74 Å². The molecule has 5 heteroatoms. The normalized spacial score (nSPS) is 11.0. The molecule has 0 aromatic carbocycles. The molecule has 0 radical (unpaired) electrons. The molecular weight excluding hydrogens is 238 g/mol. The highest BCUT2D eigenvalue weighted by molar-refractivity contribution is 7.13. The number of amides is 1. The second-order valence-electron chi connectivity index (χ2n) is 4.60. The molecule has 1 rings (SSSR count). The summed E-state index contributed by atoms with van der Waals surface area (Å²) in [7, 11) is 0. The first-order valence-electron chi connectivity index (χ1n) is 5.41. The molecule has 4 nitrogen and oxygen atoms in total. The Morgan fingerprint density at radius 2 is 2.18 bits per heavy atom. The molecule has 1 N–H and O–H groups in total. The highest BCUT2D eigenvalue weighted by Crippen LogP contribution is 2.14. The maximum absolute atomic E-state index is 11.3. The van der Waals surface area contributed by atoms with Crippen LogP contribution in [0.3, 0.4) is 0 Å². The van der Waals surface area contributed by atoms with E-state index in [0.29, 0.717) is 17.8 Å². The number of carbonyl (C=O) groups excluding carboxylic acids is 2. The largest absolute Gasteiger partial charge is 0.444 e. The smallest absolute Gasteiger partial charge is 0.407 e. The van der Waals surface area contributed by atoms with Crippen molar-refractivity contribution in [3.63, 3.8) is 0 Å². The Morgan fingerprint density at radius 3 is 2.71 bits per heavy atom. The zero-order valence-electron chi connectivity index (χ0n) is 10.3. The molecule has 0 aliphatic carbocycles. The first-order valence-corrected chi connectivity index (χ1v) is 6.23. The third kappa shape index (κ3) is 5.49. The minimum atomic E-state index is -0.475. The van der Waals surface area contributed by atoms with Crippen LogP contribution in [0.5, 0.6) is 0 Å². The van der Waals surface area contributed by atoms with E-state index in [0.717, 1.165) is 11.2 Å². The first kappa shape index (κ1) is 13.7. The fraction of sp³-hybridized carbons (Fsp3) is 0.500. The number of thiophene rings is 1. The van der Waals surface area contributed by atoms with E-state index in [1.54, 1.807) is 6.07 Å². The van der Waals surface area contributed by atoms with Crippen LogP contribution in [0.2, 0.25) is 0 Å². The van der Waals surface area contributed by atoms with Gasteiger partial charge in [0.2, 0.25) is 0 Å². The van der Waals surface area contributed by atoms with Crippen LogP contribution in [0.4, 0.5) is 4.79 Å². The van der Waals surface area contributed by atoms with Crippen LogP contribution in [0.15, 0.2) is 12.1 Å². The molecule has 1 heterocycles. The van der Waals surface area contributed by atoms with Gasteiger partial charge in [0.1, 0.15) is 5.60 Å². The third-order valence-electron chi connectivity index (χ3n) is 1.84. The number of hydrogen-bond acceptors (Lipinski definition) is 4. The maximum atomic E-state index is 11.3. The Kier molecular flexibility index (Phi) is 4.69. The molecule has 1 aromatic rings. The van der Waals surface area contributed by atoms with E-state index >= 15 is 0 Å². The molecule has 0 aliphatic heterocycles. The lowest BCUT2D eigenvalue weighted by atomic mass is 10.2. The van der Waals surface area contributed by atoms with E-state index in [1.807, 2.05) is 26.8 Å². The van der Waals surface area contributed by atoms with Gasteiger partial charge in [0.25, 0.3) is 0 Å². The lowest BCUT2D eigenvalue weighted by molar-refractivity contribution is 0.0528. The molecule has 0 spiro atoms. The van der Waals surface area contributed by atoms with E-state index < -0.39 is 11.7 Å². The van der Waals surface area contributed by atoms with Gasteiger partial charge in [-0.15, -0.1) is 11.3 Å². The third-order valence-corrected chi connectivity index (χ3v) is 2.91. The average molecular weight is 255 g/mol. The van der Waals surface area contributed by atoms with Crippen molar-refractivity contribution in [1.29, 1.82) is 0 Å². The van der Waals surface area contributed by atoms with Crippen LogP contribution in [0, 0.1) is 0 Å². The van der Waals surface area contributed by atoms with Gasteiger partial charge in [0, 0.05) is 11.4 Å². The molecule has 0 bridgehead atoms. The number of carbonyl (C=O) groups is 2. The summed E-state index contributed by atoms with van der Waals surface area (Å²) < 4.78 is 5.10. The average Bonchev–Trinajstić information content (AvgIpc) is 2.63. The van der Waals surface area contributed by atoms with Gasteiger partial charge in [0.15, 0.2) is 6.29 Å². The molecule has 17 heavy (non-hydrogen) atoms. The minimum absolute atomic E-state index is 0.412. The molecule has 0 atom stereocenters. The fourth-order valence-electron chi connectivity index (χ4n) is 1.19. The SMILES string of the molecule is CC(C)(C)OC(=O)NCCc1ccc(C=O)s1. The highest BCUT2D eigenvalue weighted by Gasteiger charge is 2.15. The lowest BCUT2D eigenvalue weighted by Crippen LogP contribution is -2.33. The summed E-state index contributed by atoms with van der Waals surface area (Å²) in [6, 6.07) is 3.67. The number of hydrogen-bond donors (Lipinski definition) is 1. The highest BCUT2D eigenvalue weighted by atomic mass is 32.1. The summed E-state index contributed by atoms with van der Waals surface area (Å²) >= 11 is 1.44. The minimum Gasteiger partial charge on any atom is -0.444 e. The van der Waals surface area contributed by atoms with Gasteiger partial charge in [-0.3, -0.25) is 4.79 Å². The zero-order valence-corrected chi connectivity index (χ0v) is 11.1. The summed E-state index contributed by atoms with van der Waals surface area (Å²) in [5.74, 6) is 0. The summed E-state index contributed by atoms with van der Waals surface area (Å²) in [4.78, 5) is 23.6. The van der Waals surface area contributed by atoms with Crippen molar-refractivity contribution in [2.24, 2.45) is 0 Å². The maximum Gasteiger partial charge on any atom is 0.407 e. The quantitative estimate of drug-likeness (QED) is 0.841. The second kappa shape index (κ2) is 5.82. The van der Waals surface area contributed by atoms with E-state index in [9.17, 15) is 9.59 Å². The Morgan fingerprint density at radius 1 is 1.47 bits per heavy atom. The van der Waals surface area contributed by atoms with Gasteiger partial charge in [0.05, 0.1) is 4.88 Å². The van der Waals surface area contributed by atoms with E-state index in [2.05, 4.69) is 5.32 Å². The first-order chi connectivity index (χ1) is 7.90. The Hall–Kier alpha value is -1.36. The number of nitrogens with one attached hydrogen (secondary N) is 1. The van der Waals surface area contributed by atoms with Crippen LogP contribution >= 0.6 is 11.3 Å². The Bertz CT molecular complexity index is 393. The topological polar surface area (TPSA) is 55.4 Å². The standard InChI is InChI=1S/C12H17NO3S/c1-12(2,3)16-11(15)13-7-6-9-4-5-10(8-14)17-9/h4-5,8H,6-7H2,1-3H3,(H,13,15). The van der Waals surface area contributed by atoms with Crippen LogP contribution in [0.25, 0.3) is 0 Å². The van der Waals surface area contributed by atoms with Crippen molar-refractivity contribution < 1.29 is 14.3 Å². The monoisotopic (exact) mass is 255 g/mol. The van der Waals surface area contributed by atoms with Crippen molar-refractivity contribution >= 4 is 23.7 Å². The van der Waals surface area contributed by atoms with Crippen LogP contribution in [-0.2, 0) is 11.2 Å². The van der Waals surface area contributed by atoms with Crippen molar-refractivity contribution in [3.8, 4) is 0 Å². The fourth-order valence-corrected chi connectivity index (χ4v) is 2.02. The van der Waals surface area contributed by atoms with Gasteiger partial charge >= 0.3 is 6.09 Å². The summed E-state index contributed by atoms with van der Waals surface area (Å²) in [5, 5.41) is 2.67. The number of alkyl carbamates (subject to hydrolysis) is 1. The lowest BCUT2D eigenvalue weighted by Gasteiger charge is -2.19. The van der Waals surface area contributed by atoms with E-state index in [-0.39, 0.29) is 0 Å². The molecule has 0 saturated carbocycles. The van der Waals surface area contributed by atoms with Crippen LogP contribution in [-0.4, -0.2) is 24.5 Å². The van der Waals surface area contributed by atoms with E-state index in [1.165, 1.54) is 11.3 Å². The molecule has 0 saturated heterocycles. The second-order valence-corrected chi connectivity index (χ2v) is 5.80. The van der Waals surface area contributed by atoms with Crippen LogP contribution < -0.4 is 5.32 Å². The molecule has 0 aliphatic rings. The van der Waals surface area contributed by atoms with Crippen LogP contribution in [0.1, 0.15) is 35.3 Å². The molecule has 1 amide bonds. The van der Waals surface area contributed by atoms with Crippen molar-refractivity contribution in [2.45, 2.75) is 32.8 Å². The predicted molar refractivity (Wildman–Crippen MR) is 67.6 cm³/mol. The number of rotatable bonds is 4. The number of aldehydes is 1. The summed E-state index contributed by atoms with van der Waals surface area (Å²) in [6.45, 7) is 5.97. The number of ether oxygens (including phenoxy) is 1. The predicted octanol–water partition coefficient (Wildman–Crippen LogP) is 2.63. The van der Waals surface area contributed by atoms with Gasteiger partial charge < -0.3 is 10.1 Å². The zero-order chi connectivity index (χ0) is 12.9. The van der Waals surface area contributed by atoms with Gasteiger partial charge in [-0.2, -0.15) is 0 Å². The summed E-state index contributed by atoms with van der Waals surface area (Å²) in [5.41, 5.74) is -0.475. The summed E-state index contributed by atoms with van der Waals surface area (Å²) in [6.07, 6.45) is 1.12. The molecular formula is C12H17NO3S. The van der Waals surface area contributed by atoms with Crippen molar-refractivity contribution in [1.82, 2.24) is 5.32 Å².